The van der Waals surface area contributed by atoms with Gasteiger partial charge in [-0.15, -0.1) is 6.58 Å². The van der Waals surface area contributed by atoms with Crippen LogP contribution in [-0.4, -0.2) is 58.5 Å². The predicted octanol–water partition coefficient (Wildman–Crippen LogP) is -0.371. The van der Waals surface area contributed by atoms with Crippen LogP contribution in [0.5, 0.6) is 0 Å². The Balaban J connectivity index is 2.74. The van der Waals surface area contributed by atoms with Crippen molar-refractivity contribution in [3.63, 3.8) is 0 Å². The third-order valence-electron chi connectivity index (χ3n) is 2.50. The number of hydrogen-bond acceptors (Lipinski definition) is 3. The molecule has 0 unspecified atom stereocenters. The zero-order valence-electron chi connectivity index (χ0n) is 10.0. The molecule has 1 saturated carbocycles. The molecule has 1 aliphatic carbocycles. The number of urea groups is 1. The Labute approximate surface area is 105 Å². The fourth-order valence-electron chi connectivity index (χ4n) is 1.63. The van der Waals surface area contributed by atoms with Gasteiger partial charge in [0.05, 0.1) is 0 Å². The maximum atomic E-state index is 12.1. The molecule has 1 fully saturated rings. The first-order valence-electron chi connectivity index (χ1n) is 5.62. The molecular formula is C11H17N3O4. The van der Waals surface area contributed by atoms with Crippen molar-refractivity contribution in [1.82, 2.24) is 9.80 Å². The molecule has 3 N–H and O–H groups in total. The van der Waals surface area contributed by atoms with Gasteiger partial charge in [0.25, 0.3) is 0 Å². The lowest BCUT2D eigenvalue weighted by atomic mass is 10.4. The molecule has 0 aromatic carbocycles. The Morgan fingerprint density at radius 1 is 1.33 bits per heavy atom. The minimum Gasteiger partial charge on any atom is -0.480 e. The van der Waals surface area contributed by atoms with Gasteiger partial charge in [-0.05, 0) is 12.8 Å². The average Bonchev–Trinajstić information content (AvgIpc) is 3.06. The molecule has 7 nitrogen and oxygen atoms in total. The summed E-state index contributed by atoms with van der Waals surface area (Å²) in [7, 11) is 0. The van der Waals surface area contributed by atoms with E-state index in [4.69, 9.17) is 10.8 Å². The van der Waals surface area contributed by atoms with Crippen LogP contribution in [0.3, 0.4) is 0 Å². The maximum Gasteiger partial charge on any atom is 0.323 e. The highest BCUT2D eigenvalue weighted by atomic mass is 16.4. The number of rotatable bonds is 7. The molecule has 0 aromatic rings. The molecule has 0 spiro atoms. The van der Waals surface area contributed by atoms with E-state index in [1.807, 2.05) is 0 Å². The first kappa shape index (κ1) is 14.0. The normalized spacial score (nSPS) is 13.8. The second-order valence-electron chi connectivity index (χ2n) is 4.17. The van der Waals surface area contributed by atoms with Gasteiger partial charge in [-0.2, -0.15) is 0 Å². The zero-order valence-corrected chi connectivity index (χ0v) is 10.0. The van der Waals surface area contributed by atoms with E-state index in [0.717, 1.165) is 17.7 Å². The van der Waals surface area contributed by atoms with Crippen LogP contribution in [0.1, 0.15) is 12.8 Å². The van der Waals surface area contributed by atoms with Gasteiger partial charge in [-0.3, -0.25) is 9.59 Å². The largest absolute Gasteiger partial charge is 0.480 e. The third kappa shape index (κ3) is 4.08. The first-order valence-corrected chi connectivity index (χ1v) is 5.62. The number of nitrogens with two attached hydrogens (primary N) is 1. The minimum absolute atomic E-state index is 0.111. The smallest absolute Gasteiger partial charge is 0.323 e. The Morgan fingerprint density at radius 3 is 2.33 bits per heavy atom. The molecule has 0 radical (unpaired) electrons. The topological polar surface area (TPSA) is 104 Å². The molecule has 7 heteroatoms. The van der Waals surface area contributed by atoms with Crippen molar-refractivity contribution in [3.05, 3.63) is 12.7 Å². The van der Waals surface area contributed by atoms with Crippen LogP contribution in [0.25, 0.3) is 0 Å². The summed E-state index contributed by atoms with van der Waals surface area (Å²) in [4.78, 5) is 36.1. The Kier molecular flexibility index (Phi) is 4.70. The fourth-order valence-corrected chi connectivity index (χ4v) is 1.63. The Bertz CT molecular complexity index is 349. The van der Waals surface area contributed by atoms with Crippen LogP contribution in [0.4, 0.5) is 4.79 Å². The number of aliphatic carboxylic acids is 1. The number of carbonyl (C=O) groups excluding carboxylic acids is 2. The van der Waals surface area contributed by atoms with E-state index in [2.05, 4.69) is 6.58 Å². The van der Waals surface area contributed by atoms with E-state index in [-0.39, 0.29) is 6.04 Å². The summed E-state index contributed by atoms with van der Waals surface area (Å²) in [5.41, 5.74) is 5.01. The van der Waals surface area contributed by atoms with Crippen molar-refractivity contribution in [2.24, 2.45) is 5.73 Å². The predicted molar refractivity (Wildman–Crippen MR) is 63.7 cm³/mol. The van der Waals surface area contributed by atoms with Crippen LogP contribution < -0.4 is 5.73 Å². The lowest BCUT2D eigenvalue weighted by Gasteiger charge is -2.28. The number of nitrogens with zero attached hydrogens (tertiary/aromatic N) is 2. The highest BCUT2D eigenvalue weighted by Crippen LogP contribution is 2.27. The summed E-state index contributed by atoms with van der Waals surface area (Å²) in [6, 6.07) is -0.377. The quantitative estimate of drug-likeness (QED) is 0.605. The molecule has 100 valence electrons. The van der Waals surface area contributed by atoms with Gasteiger partial charge in [0, 0.05) is 12.6 Å². The summed E-state index contributed by atoms with van der Waals surface area (Å²) in [5, 5.41) is 8.73. The number of carbonyl (C=O) groups is 3. The molecule has 0 heterocycles. The van der Waals surface area contributed by atoms with Crippen molar-refractivity contribution < 1.29 is 19.5 Å². The summed E-state index contributed by atoms with van der Waals surface area (Å²) >= 11 is 0. The molecule has 0 saturated heterocycles. The second-order valence-corrected chi connectivity index (χ2v) is 4.17. The maximum absolute atomic E-state index is 12.1. The monoisotopic (exact) mass is 255 g/mol. The molecule has 0 aromatic heterocycles. The molecular weight excluding hydrogens is 238 g/mol. The Hall–Kier alpha value is -2.05. The number of carboxylic acid groups (broad SMARTS) is 1. The molecule has 1 aliphatic rings. The van der Waals surface area contributed by atoms with E-state index < -0.39 is 31.0 Å². The van der Waals surface area contributed by atoms with E-state index in [1.165, 1.54) is 4.90 Å². The van der Waals surface area contributed by atoms with Crippen LogP contribution in [0, 0.1) is 0 Å². The van der Waals surface area contributed by atoms with Crippen molar-refractivity contribution >= 4 is 17.9 Å². The number of primary amides is 1. The average molecular weight is 255 g/mol. The molecule has 0 atom stereocenters. The highest BCUT2D eigenvalue weighted by Gasteiger charge is 2.34. The fraction of sp³-hybridized carbons (Fsp3) is 0.545. The zero-order chi connectivity index (χ0) is 13.7. The van der Waals surface area contributed by atoms with Crippen LogP contribution >= 0.6 is 0 Å². The van der Waals surface area contributed by atoms with E-state index in [9.17, 15) is 14.4 Å². The van der Waals surface area contributed by atoms with Crippen molar-refractivity contribution in [3.8, 4) is 0 Å². The minimum atomic E-state index is -1.18. The van der Waals surface area contributed by atoms with Gasteiger partial charge < -0.3 is 20.6 Å². The van der Waals surface area contributed by atoms with E-state index in [1.54, 1.807) is 6.08 Å². The summed E-state index contributed by atoms with van der Waals surface area (Å²) in [6.07, 6.45) is 3.34. The number of hydrogen-bond donors (Lipinski definition) is 2. The van der Waals surface area contributed by atoms with E-state index in [0.29, 0.717) is 6.54 Å². The van der Waals surface area contributed by atoms with Gasteiger partial charge in [-0.25, -0.2) is 4.79 Å². The van der Waals surface area contributed by atoms with Crippen LogP contribution in [-0.2, 0) is 9.59 Å². The summed E-state index contributed by atoms with van der Waals surface area (Å²) in [6.45, 7) is 2.95. The second kappa shape index (κ2) is 6.04. The lowest BCUT2D eigenvalue weighted by Crippen LogP contribution is -2.49. The van der Waals surface area contributed by atoms with Crippen LogP contribution in [0.15, 0.2) is 12.7 Å². The molecule has 0 aliphatic heterocycles. The van der Waals surface area contributed by atoms with Gasteiger partial charge in [0.1, 0.15) is 13.1 Å². The highest BCUT2D eigenvalue weighted by molar-refractivity contribution is 5.86. The van der Waals surface area contributed by atoms with Gasteiger partial charge in [0.2, 0.25) is 5.91 Å². The van der Waals surface area contributed by atoms with Crippen molar-refractivity contribution in [2.45, 2.75) is 18.9 Å². The van der Waals surface area contributed by atoms with E-state index >= 15 is 0 Å². The lowest BCUT2D eigenvalue weighted by molar-refractivity contribution is -0.138. The van der Waals surface area contributed by atoms with Gasteiger partial charge in [0.15, 0.2) is 0 Å². The molecule has 0 bridgehead atoms. The third-order valence-corrected chi connectivity index (χ3v) is 2.50. The molecule has 1 rings (SSSR count). The van der Waals surface area contributed by atoms with Gasteiger partial charge >= 0.3 is 12.0 Å². The SMILES string of the molecule is C=CCN(C(=O)N(CC(N)=O)CC(=O)O)C1CC1. The Morgan fingerprint density at radius 2 is 1.94 bits per heavy atom. The summed E-state index contributed by atoms with van der Waals surface area (Å²) in [5.74, 6) is -1.92. The van der Waals surface area contributed by atoms with Gasteiger partial charge in [-0.1, -0.05) is 6.08 Å². The van der Waals surface area contributed by atoms with Crippen LogP contribution in [0.2, 0.25) is 0 Å². The summed E-state index contributed by atoms with van der Waals surface area (Å²) < 4.78 is 0. The number of carboxylic acids is 1. The first-order chi connectivity index (χ1) is 8.45. The van der Waals surface area contributed by atoms with Crippen molar-refractivity contribution in [1.29, 1.82) is 0 Å². The molecule has 18 heavy (non-hydrogen) atoms. The standard InChI is InChI=1S/C11H17N3O4/c1-2-5-14(8-3-4-8)11(18)13(6-9(12)15)7-10(16)17/h2,8H,1,3-7H2,(H2,12,15)(H,16,17). The molecule has 3 amide bonds. The van der Waals surface area contributed by atoms with Crippen molar-refractivity contribution in [2.75, 3.05) is 19.6 Å². The number of amides is 3.